The molecule has 3 heteroatoms. The molecule has 0 saturated carbocycles. The Morgan fingerprint density at radius 3 is 3.08 bits per heavy atom. The molecule has 3 atom stereocenters. The molecule has 2 rings (SSSR count). The van der Waals surface area contributed by atoms with Gasteiger partial charge in [0, 0.05) is 19.7 Å². The van der Waals surface area contributed by atoms with E-state index in [2.05, 4.69) is 11.9 Å². The minimum absolute atomic E-state index is 0.702. The zero-order valence-corrected chi connectivity index (χ0v) is 8.41. The Hall–Kier alpha value is -0.120. The van der Waals surface area contributed by atoms with E-state index in [4.69, 9.17) is 10.5 Å². The van der Waals surface area contributed by atoms with E-state index in [0.717, 1.165) is 31.6 Å². The molecule has 2 aliphatic rings. The first-order valence-electron chi connectivity index (χ1n) is 5.27. The zero-order valence-electron chi connectivity index (χ0n) is 8.41. The summed E-state index contributed by atoms with van der Waals surface area (Å²) in [6, 6.07) is 0. The number of nitrogens with two attached hydrogens (primary N) is 1. The molecule has 0 aromatic rings. The Bertz CT molecular complexity index is 166. The molecule has 0 aromatic heterocycles. The molecule has 0 amide bonds. The molecule has 2 N–H and O–H groups in total. The van der Waals surface area contributed by atoms with Gasteiger partial charge in [-0.3, -0.25) is 0 Å². The van der Waals surface area contributed by atoms with Crippen LogP contribution in [0.15, 0.2) is 0 Å². The van der Waals surface area contributed by atoms with Crippen LogP contribution in [0, 0.1) is 17.8 Å². The van der Waals surface area contributed by atoms with Crippen LogP contribution in [0.4, 0.5) is 0 Å². The highest BCUT2D eigenvalue weighted by Gasteiger charge is 2.36. The summed E-state index contributed by atoms with van der Waals surface area (Å²) >= 11 is 0. The fourth-order valence-electron chi connectivity index (χ4n) is 2.88. The smallest absolute Gasteiger partial charge is 0.0509 e. The van der Waals surface area contributed by atoms with E-state index in [-0.39, 0.29) is 0 Å². The van der Waals surface area contributed by atoms with Gasteiger partial charge in [0.25, 0.3) is 0 Å². The Kier molecular flexibility index (Phi) is 2.86. The van der Waals surface area contributed by atoms with Gasteiger partial charge in [0.2, 0.25) is 0 Å². The van der Waals surface area contributed by atoms with Gasteiger partial charge >= 0.3 is 0 Å². The SMILES string of the molecule is CN1CC(CN)C2CCOCC2C1. The van der Waals surface area contributed by atoms with Gasteiger partial charge in [0.1, 0.15) is 0 Å². The van der Waals surface area contributed by atoms with Crippen molar-refractivity contribution in [1.82, 2.24) is 4.90 Å². The van der Waals surface area contributed by atoms with Crippen molar-refractivity contribution < 1.29 is 4.74 Å². The van der Waals surface area contributed by atoms with Gasteiger partial charge in [-0.25, -0.2) is 0 Å². The van der Waals surface area contributed by atoms with Gasteiger partial charge in [-0.15, -0.1) is 0 Å². The summed E-state index contributed by atoms with van der Waals surface area (Å²) in [5.41, 5.74) is 5.80. The van der Waals surface area contributed by atoms with Crippen LogP contribution in [0.5, 0.6) is 0 Å². The van der Waals surface area contributed by atoms with Crippen LogP contribution in [0.1, 0.15) is 6.42 Å². The Morgan fingerprint density at radius 1 is 1.46 bits per heavy atom. The van der Waals surface area contributed by atoms with E-state index in [0.29, 0.717) is 5.92 Å². The number of hydrogen-bond acceptors (Lipinski definition) is 3. The van der Waals surface area contributed by atoms with Gasteiger partial charge in [0.05, 0.1) is 6.61 Å². The second kappa shape index (κ2) is 3.95. The van der Waals surface area contributed by atoms with E-state index in [9.17, 15) is 0 Å². The minimum atomic E-state index is 0.702. The monoisotopic (exact) mass is 184 g/mol. The van der Waals surface area contributed by atoms with E-state index >= 15 is 0 Å². The van der Waals surface area contributed by atoms with E-state index in [1.165, 1.54) is 19.5 Å². The first-order chi connectivity index (χ1) is 6.31. The first-order valence-corrected chi connectivity index (χ1v) is 5.27. The van der Waals surface area contributed by atoms with Gasteiger partial charge in [0.15, 0.2) is 0 Å². The third-order valence-electron chi connectivity index (χ3n) is 3.53. The summed E-state index contributed by atoms with van der Waals surface area (Å²) < 4.78 is 5.51. The van der Waals surface area contributed by atoms with Crippen LogP contribution in [-0.4, -0.2) is 44.8 Å². The highest BCUT2D eigenvalue weighted by Crippen LogP contribution is 2.33. The summed E-state index contributed by atoms with van der Waals surface area (Å²) in [6.07, 6.45) is 1.22. The van der Waals surface area contributed by atoms with Crippen LogP contribution in [-0.2, 0) is 4.74 Å². The molecule has 2 saturated heterocycles. The Labute approximate surface area is 80.2 Å². The number of rotatable bonds is 1. The van der Waals surface area contributed by atoms with Crippen LogP contribution in [0.2, 0.25) is 0 Å². The van der Waals surface area contributed by atoms with Crippen molar-refractivity contribution in [3.63, 3.8) is 0 Å². The second-order valence-electron chi connectivity index (χ2n) is 4.50. The van der Waals surface area contributed by atoms with Crippen molar-refractivity contribution in [2.24, 2.45) is 23.5 Å². The molecule has 0 aromatic carbocycles. The van der Waals surface area contributed by atoms with Crippen molar-refractivity contribution in [3.8, 4) is 0 Å². The number of ether oxygens (including phenoxy) is 1. The molecule has 0 spiro atoms. The standard InChI is InChI=1S/C10H20N2O/c1-12-5-8(4-11)10-2-3-13-7-9(10)6-12/h8-10H,2-7,11H2,1H3. The molecular weight excluding hydrogens is 164 g/mol. The Balaban J connectivity index is 2.02. The minimum Gasteiger partial charge on any atom is -0.381 e. The predicted octanol–water partition coefficient (Wildman–Crippen LogP) is 0.159. The van der Waals surface area contributed by atoms with Crippen molar-refractivity contribution in [1.29, 1.82) is 0 Å². The summed E-state index contributed by atoms with van der Waals surface area (Å²) in [7, 11) is 2.19. The van der Waals surface area contributed by atoms with Gasteiger partial charge in [-0.05, 0) is 37.8 Å². The average molecular weight is 184 g/mol. The maximum Gasteiger partial charge on any atom is 0.0509 e. The molecular formula is C10H20N2O. The summed E-state index contributed by atoms with van der Waals surface area (Å²) in [6.45, 7) is 5.11. The maximum absolute atomic E-state index is 5.80. The summed E-state index contributed by atoms with van der Waals surface area (Å²) in [5.74, 6) is 2.27. The van der Waals surface area contributed by atoms with Gasteiger partial charge in [-0.1, -0.05) is 0 Å². The molecule has 2 aliphatic heterocycles. The molecule has 2 fully saturated rings. The first kappa shape index (κ1) is 9.44. The zero-order chi connectivity index (χ0) is 9.26. The van der Waals surface area contributed by atoms with Gasteiger partial charge in [-0.2, -0.15) is 0 Å². The topological polar surface area (TPSA) is 38.5 Å². The summed E-state index contributed by atoms with van der Waals surface area (Å²) in [4.78, 5) is 2.40. The third kappa shape index (κ3) is 1.87. The third-order valence-corrected chi connectivity index (χ3v) is 3.53. The lowest BCUT2D eigenvalue weighted by Crippen LogP contribution is -2.50. The lowest BCUT2D eigenvalue weighted by Gasteiger charge is -2.44. The van der Waals surface area contributed by atoms with E-state index in [1.807, 2.05) is 0 Å². The second-order valence-corrected chi connectivity index (χ2v) is 4.50. The maximum atomic E-state index is 5.80. The average Bonchev–Trinajstić information content (AvgIpc) is 2.16. The van der Waals surface area contributed by atoms with Crippen molar-refractivity contribution in [3.05, 3.63) is 0 Å². The quantitative estimate of drug-likeness (QED) is 0.631. The fourth-order valence-corrected chi connectivity index (χ4v) is 2.88. The molecule has 0 bridgehead atoms. The molecule has 13 heavy (non-hydrogen) atoms. The number of likely N-dealkylation sites (tertiary alicyclic amines) is 1. The highest BCUT2D eigenvalue weighted by atomic mass is 16.5. The van der Waals surface area contributed by atoms with Crippen LogP contribution in [0.3, 0.4) is 0 Å². The van der Waals surface area contributed by atoms with Crippen LogP contribution in [0.25, 0.3) is 0 Å². The van der Waals surface area contributed by atoms with Crippen LogP contribution < -0.4 is 5.73 Å². The normalized spacial score (nSPS) is 41.5. The molecule has 76 valence electrons. The lowest BCUT2D eigenvalue weighted by molar-refractivity contribution is -0.0441. The van der Waals surface area contributed by atoms with Crippen molar-refractivity contribution >= 4 is 0 Å². The highest BCUT2D eigenvalue weighted by molar-refractivity contribution is 4.87. The van der Waals surface area contributed by atoms with E-state index in [1.54, 1.807) is 0 Å². The molecule has 0 aliphatic carbocycles. The molecule has 0 radical (unpaired) electrons. The van der Waals surface area contributed by atoms with Crippen molar-refractivity contribution in [2.75, 3.05) is 39.9 Å². The van der Waals surface area contributed by atoms with E-state index < -0.39 is 0 Å². The summed E-state index contributed by atoms with van der Waals surface area (Å²) in [5, 5.41) is 0. The molecule has 3 nitrogen and oxygen atoms in total. The largest absolute Gasteiger partial charge is 0.381 e. The van der Waals surface area contributed by atoms with Crippen LogP contribution >= 0.6 is 0 Å². The number of nitrogens with zero attached hydrogens (tertiary/aromatic N) is 1. The fraction of sp³-hybridized carbons (Fsp3) is 1.00. The molecule has 2 heterocycles. The Morgan fingerprint density at radius 2 is 2.31 bits per heavy atom. The number of fused-ring (bicyclic) bond motifs is 1. The molecule has 3 unspecified atom stereocenters. The van der Waals surface area contributed by atoms with Crippen molar-refractivity contribution in [2.45, 2.75) is 6.42 Å². The lowest BCUT2D eigenvalue weighted by atomic mass is 9.75. The number of hydrogen-bond donors (Lipinski definition) is 1. The number of piperidine rings is 1. The van der Waals surface area contributed by atoms with Gasteiger partial charge < -0.3 is 15.4 Å². The predicted molar refractivity (Wildman–Crippen MR) is 52.5 cm³/mol.